The molecule has 1 saturated carbocycles. The third-order valence-electron chi connectivity index (χ3n) is 2.90. The average molecular weight is 281 g/mol. The van der Waals surface area contributed by atoms with E-state index in [1.165, 1.54) is 0 Å². The van der Waals surface area contributed by atoms with Crippen LogP contribution in [0.5, 0.6) is 0 Å². The Kier molecular flexibility index (Phi) is 4.80. The van der Waals surface area contributed by atoms with Crippen molar-refractivity contribution >= 4 is 34.8 Å². The van der Waals surface area contributed by atoms with Crippen molar-refractivity contribution in [1.29, 1.82) is 0 Å². The molecule has 2 amide bonds. The Morgan fingerprint density at radius 3 is 2.53 bits per heavy atom. The Hall–Kier alpha value is -1.55. The van der Waals surface area contributed by atoms with E-state index in [4.69, 9.17) is 11.6 Å². The van der Waals surface area contributed by atoms with Crippen molar-refractivity contribution in [3.63, 3.8) is 0 Å². The van der Waals surface area contributed by atoms with Crippen molar-refractivity contribution < 1.29 is 9.59 Å². The van der Waals surface area contributed by atoms with Crippen LogP contribution in [-0.4, -0.2) is 17.7 Å². The molecule has 4 nitrogen and oxygen atoms in total. The van der Waals surface area contributed by atoms with Crippen molar-refractivity contribution in [3.8, 4) is 0 Å². The summed E-state index contributed by atoms with van der Waals surface area (Å²) in [6.45, 7) is 0. The molecule has 2 N–H and O–H groups in total. The highest BCUT2D eigenvalue weighted by Gasteiger charge is 2.29. The monoisotopic (exact) mass is 280 g/mol. The van der Waals surface area contributed by atoms with Crippen LogP contribution in [0.3, 0.4) is 0 Å². The first-order chi connectivity index (χ1) is 9.19. The summed E-state index contributed by atoms with van der Waals surface area (Å²) in [5.74, 6) is 0.643. The Bertz CT molecular complexity index is 472. The molecular formula is C14H17ClN2O2. The Morgan fingerprint density at radius 1 is 1.21 bits per heavy atom. The lowest BCUT2D eigenvalue weighted by molar-refractivity contribution is -0.117. The molecule has 2 rings (SSSR count). The third-order valence-corrected chi connectivity index (χ3v) is 3.17. The standard InChI is InChI=1S/C14H17ClN2O2/c15-8-2-5-13(18)16-11-3-1-4-12(9-11)17-14(19)10-6-7-10/h1,3-4,9-10H,2,5-8H2,(H,16,18)(H,17,19). The highest BCUT2D eigenvalue weighted by Crippen LogP contribution is 2.30. The van der Waals surface area contributed by atoms with Gasteiger partial charge in [-0.05, 0) is 37.5 Å². The summed E-state index contributed by atoms with van der Waals surface area (Å²) in [4.78, 5) is 23.2. The molecule has 0 unspecified atom stereocenters. The van der Waals surface area contributed by atoms with E-state index in [1.807, 2.05) is 6.07 Å². The second kappa shape index (κ2) is 6.57. The molecule has 0 saturated heterocycles. The van der Waals surface area contributed by atoms with Crippen molar-refractivity contribution in [3.05, 3.63) is 24.3 Å². The zero-order valence-corrected chi connectivity index (χ0v) is 11.4. The number of halogens is 1. The van der Waals surface area contributed by atoms with Crippen LogP contribution < -0.4 is 10.6 Å². The van der Waals surface area contributed by atoms with E-state index >= 15 is 0 Å². The summed E-state index contributed by atoms with van der Waals surface area (Å²) >= 11 is 5.54. The first kappa shape index (κ1) is 13.9. The second-order valence-corrected chi connectivity index (χ2v) is 5.06. The maximum Gasteiger partial charge on any atom is 0.227 e. The average Bonchev–Trinajstić information content (AvgIpc) is 3.21. The van der Waals surface area contributed by atoms with Gasteiger partial charge in [-0.2, -0.15) is 0 Å². The minimum atomic E-state index is -0.0636. The smallest absolute Gasteiger partial charge is 0.227 e. The summed E-state index contributed by atoms with van der Waals surface area (Å²) in [5, 5.41) is 5.64. The van der Waals surface area contributed by atoms with Crippen LogP contribution in [0.2, 0.25) is 0 Å². The van der Waals surface area contributed by atoms with Gasteiger partial charge < -0.3 is 10.6 Å². The van der Waals surface area contributed by atoms with Crippen molar-refractivity contribution in [2.75, 3.05) is 16.5 Å². The topological polar surface area (TPSA) is 58.2 Å². The molecule has 1 fully saturated rings. The molecule has 19 heavy (non-hydrogen) atoms. The lowest BCUT2D eigenvalue weighted by atomic mass is 10.2. The maximum atomic E-state index is 11.6. The number of anilines is 2. The lowest BCUT2D eigenvalue weighted by Crippen LogP contribution is -2.14. The number of hydrogen-bond donors (Lipinski definition) is 2. The molecule has 1 aliphatic carbocycles. The number of benzene rings is 1. The van der Waals surface area contributed by atoms with Gasteiger partial charge in [0, 0.05) is 29.6 Å². The predicted molar refractivity (Wildman–Crippen MR) is 76.4 cm³/mol. The Balaban J connectivity index is 1.90. The number of carbonyl (C=O) groups is 2. The van der Waals surface area contributed by atoms with Gasteiger partial charge in [-0.1, -0.05) is 6.07 Å². The van der Waals surface area contributed by atoms with Gasteiger partial charge in [0.25, 0.3) is 0 Å². The van der Waals surface area contributed by atoms with E-state index in [2.05, 4.69) is 10.6 Å². The van der Waals surface area contributed by atoms with Crippen molar-refractivity contribution in [2.24, 2.45) is 5.92 Å². The zero-order valence-electron chi connectivity index (χ0n) is 10.6. The van der Waals surface area contributed by atoms with Gasteiger partial charge in [0.15, 0.2) is 0 Å². The van der Waals surface area contributed by atoms with Crippen LogP contribution >= 0.6 is 11.6 Å². The number of rotatable bonds is 6. The van der Waals surface area contributed by atoms with Gasteiger partial charge in [0.05, 0.1) is 0 Å². The molecule has 0 radical (unpaired) electrons. The van der Waals surface area contributed by atoms with Gasteiger partial charge in [-0.25, -0.2) is 0 Å². The summed E-state index contributed by atoms with van der Waals surface area (Å²) in [6.07, 6.45) is 3.01. The Morgan fingerprint density at radius 2 is 1.89 bits per heavy atom. The van der Waals surface area contributed by atoms with Gasteiger partial charge in [0.2, 0.25) is 11.8 Å². The normalized spacial score (nSPS) is 13.9. The van der Waals surface area contributed by atoms with Crippen LogP contribution in [0.4, 0.5) is 11.4 Å². The first-order valence-corrected chi connectivity index (χ1v) is 6.99. The fourth-order valence-electron chi connectivity index (χ4n) is 1.72. The highest BCUT2D eigenvalue weighted by atomic mass is 35.5. The van der Waals surface area contributed by atoms with E-state index in [0.717, 1.165) is 12.8 Å². The van der Waals surface area contributed by atoms with E-state index < -0.39 is 0 Å². The summed E-state index contributed by atoms with van der Waals surface area (Å²) in [7, 11) is 0. The molecule has 0 heterocycles. The first-order valence-electron chi connectivity index (χ1n) is 6.46. The van der Waals surface area contributed by atoms with Crippen molar-refractivity contribution in [2.45, 2.75) is 25.7 Å². The molecule has 1 aliphatic rings. The summed E-state index contributed by atoms with van der Waals surface area (Å²) in [6, 6.07) is 7.18. The summed E-state index contributed by atoms with van der Waals surface area (Å²) in [5.41, 5.74) is 1.40. The third kappa shape index (κ3) is 4.56. The van der Waals surface area contributed by atoms with E-state index in [-0.39, 0.29) is 17.7 Å². The number of alkyl halides is 1. The van der Waals surface area contributed by atoms with Crippen LogP contribution in [0.1, 0.15) is 25.7 Å². The lowest BCUT2D eigenvalue weighted by Gasteiger charge is -2.08. The number of amides is 2. The van der Waals surface area contributed by atoms with Gasteiger partial charge >= 0.3 is 0 Å². The quantitative estimate of drug-likeness (QED) is 0.787. The van der Waals surface area contributed by atoms with Crippen LogP contribution in [0, 0.1) is 5.92 Å². The molecule has 1 aromatic rings. The van der Waals surface area contributed by atoms with E-state index in [9.17, 15) is 9.59 Å². The van der Waals surface area contributed by atoms with Crippen LogP contribution in [0.15, 0.2) is 24.3 Å². The fraction of sp³-hybridized carbons (Fsp3) is 0.429. The number of hydrogen-bond acceptors (Lipinski definition) is 2. The van der Waals surface area contributed by atoms with Crippen molar-refractivity contribution in [1.82, 2.24) is 0 Å². The molecule has 0 spiro atoms. The van der Waals surface area contributed by atoms with Crippen LogP contribution in [0.25, 0.3) is 0 Å². The predicted octanol–water partition coefficient (Wildman–Crippen LogP) is 2.99. The molecular weight excluding hydrogens is 264 g/mol. The molecule has 102 valence electrons. The molecule has 0 bridgehead atoms. The minimum absolute atomic E-state index is 0.0608. The SMILES string of the molecule is O=C(CCCCl)Nc1cccc(NC(=O)C2CC2)c1. The molecule has 0 aromatic heterocycles. The maximum absolute atomic E-state index is 11.6. The van der Waals surface area contributed by atoms with E-state index in [1.54, 1.807) is 18.2 Å². The molecule has 5 heteroatoms. The highest BCUT2D eigenvalue weighted by molar-refractivity contribution is 6.18. The van der Waals surface area contributed by atoms with Gasteiger partial charge in [0.1, 0.15) is 0 Å². The number of nitrogens with one attached hydrogen (secondary N) is 2. The largest absolute Gasteiger partial charge is 0.326 e. The second-order valence-electron chi connectivity index (χ2n) is 4.69. The zero-order chi connectivity index (χ0) is 13.7. The molecule has 0 aliphatic heterocycles. The molecule has 0 atom stereocenters. The Labute approximate surface area is 117 Å². The fourth-order valence-corrected chi connectivity index (χ4v) is 1.85. The van der Waals surface area contributed by atoms with Gasteiger partial charge in [-0.15, -0.1) is 11.6 Å². The minimum Gasteiger partial charge on any atom is -0.326 e. The summed E-state index contributed by atoms with van der Waals surface area (Å²) < 4.78 is 0. The van der Waals surface area contributed by atoms with Gasteiger partial charge in [-0.3, -0.25) is 9.59 Å². The molecule has 1 aromatic carbocycles. The van der Waals surface area contributed by atoms with Crippen LogP contribution in [-0.2, 0) is 9.59 Å². The van der Waals surface area contributed by atoms with E-state index in [0.29, 0.717) is 30.1 Å². The number of carbonyl (C=O) groups excluding carboxylic acids is 2.